The van der Waals surface area contributed by atoms with Crippen LogP contribution in [0.5, 0.6) is 0 Å². The molecule has 6 nitrogen and oxygen atoms in total. The quantitative estimate of drug-likeness (QED) is 0.791. The molecule has 29 heavy (non-hydrogen) atoms. The number of nitrogens with one attached hydrogen (secondary N) is 1. The molecule has 1 unspecified atom stereocenters. The molecular formula is C22H27N3O3S. The van der Waals surface area contributed by atoms with Crippen molar-refractivity contribution in [2.75, 3.05) is 25.0 Å². The number of hydrogen-bond donors (Lipinski definition) is 1. The predicted molar refractivity (Wildman–Crippen MR) is 113 cm³/mol. The highest BCUT2D eigenvalue weighted by atomic mass is 32.2. The molecule has 1 N–H and O–H groups in total. The zero-order chi connectivity index (χ0) is 20.4. The Hall–Kier alpha value is -2.22. The van der Waals surface area contributed by atoms with Crippen LogP contribution in [0.3, 0.4) is 0 Å². The first-order valence-electron chi connectivity index (χ1n) is 10.1. The Morgan fingerprint density at radius 3 is 2.34 bits per heavy atom. The zero-order valence-corrected chi connectivity index (χ0v) is 17.4. The summed E-state index contributed by atoms with van der Waals surface area (Å²) in [6.07, 6.45) is 3.14. The van der Waals surface area contributed by atoms with Gasteiger partial charge >= 0.3 is 0 Å². The number of nitrogens with zero attached hydrogens (tertiary/aromatic N) is 2. The normalized spacial score (nSPS) is 21.1. The van der Waals surface area contributed by atoms with Crippen molar-refractivity contribution in [2.45, 2.75) is 43.2 Å². The topological polar surface area (TPSA) is 69.7 Å². The molecule has 0 spiro atoms. The fraction of sp³-hybridized carbons (Fsp3) is 0.409. The summed E-state index contributed by atoms with van der Waals surface area (Å²) in [5.41, 5.74) is 1.74. The maximum Gasteiger partial charge on any atom is 0.243 e. The van der Waals surface area contributed by atoms with Crippen molar-refractivity contribution >= 4 is 21.6 Å². The smallest absolute Gasteiger partial charge is 0.243 e. The van der Waals surface area contributed by atoms with Gasteiger partial charge in [0.25, 0.3) is 0 Å². The summed E-state index contributed by atoms with van der Waals surface area (Å²) >= 11 is 0. The standard InChI is InChI=1S/C22H27N3O3S/c1-17(26)23-19-7-11-22(12-8-19)29(27,28)25-14-13-24(20-9-10-20)16-21(25)15-18-5-3-2-4-6-18/h2-8,11-12,20-21H,9-10,13-16H2,1H3,(H,23,26). The summed E-state index contributed by atoms with van der Waals surface area (Å²) in [5.74, 6) is -0.181. The van der Waals surface area contributed by atoms with Crippen LogP contribution in [0.25, 0.3) is 0 Å². The van der Waals surface area contributed by atoms with Gasteiger partial charge < -0.3 is 5.32 Å². The van der Waals surface area contributed by atoms with Gasteiger partial charge in [-0.2, -0.15) is 4.31 Å². The first kappa shape index (κ1) is 20.1. The molecular weight excluding hydrogens is 386 g/mol. The molecule has 1 aliphatic carbocycles. The van der Waals surface area contributed by atoms with Crippen LogP contribution in [0.4, 0.5) is 5.69 Å². The van der Waals surface area contributed by atoms with Gasteiger partial charge in [-0.15, -0.1) is 0 Å². The maximum absolute atomic E-state index is 13.4. The van der Waals surface area contributed by atoms with E-state index in [1.165, 1.54) is 19.8 Å². The van der Waals surface area contributed by atoms with Crippen molar-refractivity contribution < 1.29 is 13.2 Å². The minimum absolute atomic E-state index is 0.0910. The molecule has 7 heteroatoms. The average molecular weight is 414 g/mol. The summed E-state index contributed by atoms with van der Waals surface area (Å²) in [5, 5.41) is 2.68. The molecule has 1 saturated heterocycles. The molecule has 4 rings (SSSR count). The van der Waals surface area contributed by atoms with Crippen molar-refractivity contribution in [2.24, 2.45) is 0 Å². The molecule has 0 aromatic heterocycles. The molecule has 2 aromatic rings. The highest BCUT2D eigenvalue weighted by Crippen LogP contribution is 2.31. The lowest BCUT2D eigenvalue weighted by Crippen LogP contribution is -2.56. The number of carbonyl (C=O) groups is 1. The highest BCUT2D eigenvalue weighted by molar-refractivity contribution is 7.89. The number of benzene rings is 2. The molecule has 154 valence electrons. The van der Waals surface area contributed by atoms with Crippen LogP contribution < -0.4 is 5.32 Å². The van der Waals surface area contributed by atoms with E-state index in [1.54, 1.807) is 28.6 Å². The molecule has 1 aliphatic heterocycles. The van der Waals surface area contributed by atoms with Crippen molar-refractivity contribution in [3.63, 3.8) is 0 Å². The van der Waals surface area contributed by atoms with Gasteiger partial charge in [-0.05, 0) is 49.1 Å². The van der Waals surface area contributed by atoms with E-state index in [-0.39, 0.29) is 16.8 Å². The number of anilines is 1. The van der Waals surface area contributed by atoms with Crippen molar-refractivity contribution in [1.29, 1.82) is 0 Å². The summed E-state index contributed by atoms with van der Waals surface area (Å²) in [4.78, 5) is 13.9. The van der Waals surface area contributed by atoms with Crippen LogP contribution in [0, 0.1) is 0 Å². The molecule has 2 fully saturated rings. The van der Waals surface area contributed by atoms with Gasteiger partial charge in [-0.3, -0.25) is 9.69 Å². The van der Waals surface area contributed by atoms with Crippen molar-refractivity contribution in [1.82, 2.24) is 9.21 Å². The maximum atomic E-state index is 13.4. The lowest BCUT2D eigenvalue weighted by molar-refractivity contribution is -0.114. The van der Waals surface area contributed by atoms with Gasteiger partial charge in [0.2, 0.25) is 15.9 Å². The zero-order valence-electron chi connectivity index (χ0n) is 16.6. The molecule has 1 saturated carbocycles. The Balaban J connectivity index is 1.58. The summed E-state index contributed by atoms with van der Waals surface area (Å²) in [6, 6.07) is 17.1. The molecule has 1 amide bonds. The second-order valence-electron chi connectivity index (χ2n) is 7.89. The third-order valence-electron chi connectivity index (χ3n) is 5.62. The van der Waals surface area contributed by atoms with Crippen LogP contribution in [0.2, 0.25) is 0 Å². The van der Waals surface area contributed by atoms with E-state index in [4.69, 9.17) is 0 Å². The largest absolute Gasteiger partial charge is 0.326 e. The molecule has 1 atom stereocenters. The third kappa shape index (κ3) is 4.69. The summed E-state index contributed by atoms with van der Waals surface area (Å²) in [7, 11) is -3.61. The first-order valence-corrected chi connectivity index (χ1v) is 11.5. The average Bonchev–Trinajstić information content (AvgIpc) is 3.54. The lowest BCUT2D eigenvalue weighted by Gasteiger charge is -2.41. The second-order valence-corrected chi connectivity index (χ2v) is 9.78. The second kappa shape index (κ2) is 8.26. The first-order chi connectivity index (χ1) is 13.9. The molecule has 2 aliphatic rings. The number of hydrogen-bond acceptors (Lipinski definition) is 4. The number of piperazine rings is 1. The Morgan fingerprint density at radius 1 is 1.03 bits per heavy atom. The van der Waals surface area contributed by atoms with E-state index >= 15 is 0 Å². The lowest BCUT2D eigenvalue weighted by atomic mass is 10.0. The predicted octanol–water partition coefficient (Wildman–Crippen LogP) is 2.73. The molecule has 2 aromatic carbocycles. The van der Waals surface area contributed by atoms with Gasteiger partial charge in [0.1, 0.15) is 0 Å². The summed E-state index contributed by atoms with van der Waals surface area (Å²) in [6.45, 7) is 3.48. The van der Waals surface area contributed by atoms with E-state index in [2.05, 4.69) is 22.3 Å². The van der Waals surface area contributed by atoms with E-state index in [1.807, 2.05) is 18.2 Å². The number of rotatable bonds is 6. The molecule has 1 heterocycles. The van der Waals surface area contributed by atoms with E-state index in [0.717, 1.165) is 18.7 Å². The minimum Gasteiger partial charge on any atom is -0.326 e. The van der Waals surface area contributed by atoms with E-state index in [0.29, 0.717) is 24.7 Å². The van der Waals surface area contributed by atoms with Crippen LogP contribution in [-0.2, 0) is 21.2 Å². The van der Waals surface area contributed by atoms with Gasteiger partial charge in [0.05, 0.1) is 4.90 Å². The Labute approximate surface area is 172 Å². The van der Waals surface area contributed by atoms with Gasteiger partial charge in [-0.1, -0.05) is 30.3 Å². The van der Waals surface area contributed by atoms with Crippen LogP contribution in [0.15, 0.2) is 59.5 Å². The highest BCUT2D eigenvalue weighted by Gasteiger charge is 2.40. The molecule has 0 radical (unpaired) electrons. The van der Waals surface area contributed by atoms with Gasteiger partial charge in [-0.25, -0.2) is 8.42 Å². The van der Waals surface area contributed by atoms with Crippen molar-refractivity contribution in [3.8, 4) is 0 Å². The Morgan fingerprint density at radius 2 is 1.72 bits per heavy atom. The number of amides is 1. The minimum atomic E-state index is -3.61. The Kier molecular flexibility index (Phi) is 5.72. The Bertz CT molecular complexity index is 957. The van der Waals surface area contributed by atoms with Crippen LogP contribution in [-0.4, -0.2) is 55.2 Å². The van der Waals surface area contributed by atoms with Crippen LogP contribution >= 0.6 is 0 Å². The van der Waals surface area contributed by atoms with Gasteiger partial charge in [0, 0.05) is 44.3 Å². The SMILES string of the molecule is CC(=O)Nc1ccc(S(=O)(=O)N2CCN(C3CC3)CC2Cc2ccccc2)cc1. The van der Waals surface area contributed by atoms with Gasteiger partial charge in [0.15, 0.2) is 0 Å². The monoisotopic (exact) mass is 413 g/mol. The fourth-order valence-electron chi connectivity index (χ4n) is 4.05. The summed E-state index contributed by atoms with van der Waals surface area (Å²) < 4.78 is 28.5. The van der Waals surface area contributed by atoms with E-state index < -0.39 is 10.0 Å². The number of carbonyl (C=O) groups excluding carboxylic acids is 1. The van der Waals surface area contributed by atoms with Crippen molar-refractivity contribution in [3.05, 3.63) is 60.2 Å². The number of sulfonamides is 1. The van der Waals surface area contributed by atoms with Crippen LogP contribution in [0.1, 0.15) is 25.3 Å². The third-order valence-corrected chi connectivity index (χ3v) is 7.58. The van der Waals surface area contributed by atoms with E-state index in [9.17, 15) is 13.2 Å². The molecule has 0 bridgehead atoms. The fourth-order valence-corrected chi connectivity index (χ4v) is 5.66.